The van der Waals surface area contributed by atoms with Gasteiger partial charge in [0.2, 0.25) is 15.9 Å². The van der Waals surface area contributed by atoms with E-state index in [1.54, 1.807) is 12.1 Å². The second-order valence-electron chi connectivity index (χ2n) is 6.29. The summed E-state index contributed by atoms with van der Waals surface area (Å²) in [6.45, 7) is 0. The Morgan fingerprint density at radius 1 is 1.13 bits per heavy atom. The molecule has 0 unspecified atom stereocenters. The molecule has 128 valence electrons. The van der Waals surface area contributed by atoms with Gasteiger partial charge < -0.3 is 5.32 Å². The second kappa shape index (κ2) is 7.93. The Morgan fingerprint density at radius 3 is 2.22 bits per heavy atom. The Bertz CT molecular complexity index is 608. The molecule has 0 radical (unpaired) electrons. The van der Waals surface area contributed by atoms with E-state index in [-0.39, 0.29) is 11.9 Å². The average Bonchev–Trinajstić information content (AvgIpc) is 2.76. The van der Waals surface area contributed by atoms with Crippen molar-refractivity contribution in [1.82, 2.24) is 9.62 Å². The van der Waals surface area contributed by atoms with Gasteiger partial charge in [-0.3, -0.25) is 4.79 Å². The molecule has 0 heterocycles. The average molecular weight is 338 g/mol. The minimum atomic E-state index is -3.47. The van der Waals surface area contributed by atoms with E-state index < -0.39 is 16.1 Å². The van der Waals surface area contributed by atoms with E-state index in [9.17, 15) is 13.2 Å². The molecule has 1 amide bonds. The molecule has 1 saturated carbocycles. The molecule has 0 spiro atoms. The van der Waals surface area contributed by atoms with Gasteiger partial charge in [0.05, 0.1) is 6.26 Å². The molecule has 1 aromatic rings. The lowest BCUT2D eigenvalue weighted by Crippen LogP contribution is -2.44. The lowest BCUT2D eigenvalue weighted by atomic mass is 10.0. The van der Waals surface area contributed by atoms with Gasteiger partial charge in [-0.05, 0) is 18.4 Å². The third-order valence-corrected chi connectivity index (χ3v) is 5.71. The first kappa shape index (κ1) is 17.9. The van der Waals surface area contributed by atoms with Crippen LogP contribution in [0, 0.1) is 0 Å². The van der Waals surface area contributed by atoms with Gasteiger partial charge in [-0.1, -0.05) is 56.0 Å². The van der Waals surface area contributed by atoms with E-state index in [1.165, 1.54) is 19.9 Å². The van der Waals surface area contributed by atoms with Crippen molar-refractivity contribution >= 4 is 15.9 Å². The summed E-state index contributed by atoms with van der Waals surface area (Å²) in [5.41, 5.74) is 0.687. The van der Waals surface area contributed by atoms with E-state index >= 15 is 0 Å². The zero-order valence-electron chi connectivity index (χ0n) is 13.9. The molecule has 1 aromatic carbocycles. The van der Waals surface area contributed by atoms with Crippen molar-refractivity contribution < 1.29 is 13.2 Å². The van der Waals surface area contributed by atoms with Crippen molar-refractivity contribution in [3.63, 3.8) is 0 Å². The van der Waals surface area contributed by atoms with Gasteiger partial charge in [-0.25, -0.2) is 8.42 Å². The molecule has 1 fully saturated rings. The van der Waals surface area contributed by atoms with Gasteiger partial charge in [0, 0.05) is 13.1 Å². The minimum absolute atomic E-state index is 0.143. The third-order valence-electron chi connectivity index (χ3n) is 4.45. The Balaban J connectivity index is 2.20. The summed E-state index contributed by atoms with van der Waals surface area (Å²) >= 11 is 0. The van der Waals surface area contributed by atoms with Crippen LogP contribution in [0.2, 0.25) is 0 Å². The molecule has 5 nitrogen and oxygen atoms in total. The van der Waals surface area contributed by atoms with Crippen LogP contribution >= 0.6 is 0 Å². The number of hydrogen-bond donors (Lipinski definition) is 1. The number of carbonyl (C=O) groups excluding carboxylic acids is 1. The quantitative estimate of drug-likeness (QED) is 0.839. The lowest BCUT2D eigenvalue weighted by Gasteiger charge is -2.27. The van der Waals surface area contributed by atoms with Crippen molar-refractivity contribution in [2.45, 2.75) is 50.6 Å². The first-order valence-corrected chi connectivity index (χ1v) is 10.0. The topological polar surface area (TPSA) is 66.5 Å². The predicted molar refractivity (Wildman–Crippen MR) is 91.4 cm³/mol. The first-order valence-electron chi connectivity index (χ1n) is 8.18. The van der Waals surface area contributed by atoms with Gasteiger partial charge in [-0.15, -0.1) is 0 Å². The van der Waals surface area contributed by atoms with E-state index in [2.05, 4.69) is 5.32 Å². The van der Waals surface area contributed by atoms with Crippen molar-refractivity contribution in [3.05, 3.63) is 35.9 Å². The maximum absolute atomic E-state index is 12.8. The number of hydrogen-bond acceptors (Lipinski definition) is 3. The van der Waals surface area contributed by atoms with Crippen LogP contribution in [0.5, 0.6) is 0 Å². The van der Waals surface area contributed by atoms with Crippen LogP contribution in [0.25, 0.3) is 0 Å². The monoisotopic (exact) mass is 338 g/mol. The van der Waals surface area contributed by atoms with Gasteiger partial charge >= 0.3 is 0 Å². The van der Waals surface area contributed by atoms with E-state index in [4.69, 9.17) is 0 Å². The molecule has 1 aliphatic rings. The van der Waals surface area contributed by atoms with Gasteiger partial charge in [-0.2, -0.15) is 4.31 Å². The summed E-state index contributed by atoms with van der Waals surface area (Å²) in [5.74, 6) is -0.240. The number of sulfonamides is 1. The summed E-state index contributed by atoms with van der Waals surface area (Å²) in [5, 5.41) is 3.07. The molecule has 0 saturated heterocycles. The maximum atomic E-state index is 12.8. The maximum Gasteiger partial charge on any atom is 0.243 e. The molecule has 0 aliphatic heterocycles. The van der Waals surface area contributed by atoms with Crippen molar-refractivity contribution in [2.75, 3.05) is 13.3 Å². The van der Waals surface area contributed by atoms with Crippen molar-refractivity contribution in [2.24, 2.45) is 0 Å². The molecule has 6 heteroatoms. The Kier molecular flexibility index (Phi) is 6.18. The number of nitrogens with one attached hydrogen (secondary N) is 1. The molecule has 1 atom stereocenters. The summed E-state index contributed by atoms with van der Waals surface area (Å²) in [6.07, 6.45) is 7.70. The number of nitrogens with zero attached hydrogens (tertiary/aromatic N) is 1. The highest BCUT2D eigenvalue weighted by atomic mass is 32.2. The fourth-order valence-corrected chi connectivity index (χ4v) is 3.66. The van der Waals surface area contributed by atoms with Crippen LogP contribution < -0.4 is 5.32 Å². The molecule has 0 aromatic heterocycles. The smallest absolute Gasteiger partial charge is 0.243 e. The zero-order chi connectivity index (χ0) is 16.9. The summed E-state index contributed by atoms with van der Waals surface area (Å²) in [6, 6.07) is 8.38. The third kappa shape index (κ3) is 5.04. The van der Waals surface area contributed by atoms with Gasteiger partial charge in [0.1, 0.15) is 6.04 Å². The Morgan fingerprint density at radius 2 is 1.70 bits per heavy atom. The van der Waals surface area contributed by atoms with Crippen LogP contribution in [0.15, 0.2) is 30.3 Å². The van der Waals surface area contributed by atoms with E-state index in [0.717, 1.165) is 36.2 Å². The highest BCUT2D eigenvalue weighted by molar-refractivity contribution is 7.88. The lowest BCUT2D eigenvalue weighted by molar-refractivity contribution is -0.125. The minimum Gasteiger partial charge on any atom is -0.352 e. The summed E-state index contributed by atoms with van der Waals surface area (Å²) < 4.78 is 25.0. The summed E-state index contributed by atoms with van der Waals surface area (Å²) in [7, 11) is -2.01. The normalized spacial score (nSPS) is 18.4. The highest BCUT2D eigenvalue weighted by Gasteiger charge is 2.31. The number of likely N-dealkylation sites (N-methyl/N-ethyl adjacent to an activating group) is 1. The van der Waals surface area contributed by atoms with Crippen LogP contribution in [-0.4, -0.2) is 38.0 Å². The first-order chi connectivity index (χ1) is 10.9. The molecular weight excluding hydrogens is 312 g/mol. The Hall–Kier alpha value is -1.40. The fraction of sp³-hybridized carbons (Fsp3) is 0.588. The largest absolute Gasteiger partial charge is 0.352 e. The van der Waals surface area contributed by atoms with Crippen molar-refractivity contribution in [3.8, 4) is 0 Å². The van der Waals surface area contributed by atoms with Crippen molar-refractivity contribution in [1.29, 1.82) is 0 Å². The number of rotatable bonds is 5. The van der Waals surface area contributed by atoms with E-state index in [0.29, 0.717) is 5.56 Å². The summed E-state index contributed by atoms with van der Waals surface area (Å²) in [4.78, 5) is 12.8. The fourth-order valence-electron chi connectivity index (χ4n) is 3.06. The van der Waals surface area contributed by atoms with E-state index in [1.807, 2.05) is 18.2 Å². The van der Waals surface area contributed by atoms with Gasteiger partial charge in [0.25, 0.3) is 0 Å². The number of benzene rings is 1. The van der Waals surface area contributed by atoms with Crippen LogP contribution in [0.3, 0.4) is 0 Å². The standard InChI is InChI=1S/C17H26N2O3S/c1-19(23(2,21)22)16(14-10-6-5-7-11-14)17(20)18-15-12-8-3-4-9-13-15/h5-7,10-11,15-16H,3-4,8-9,12-13H2,1-2H3,(H,18,20)/t16-/m1/s1. The molecule has 0 bridgehead atoms. The Labute approximate surface area is 139 Å². The van der Waals surface area contributed by atoms with Crippen LogP contribution in [0.4, 0.5) is 0 Å². The zero-order valence-corrected chi connectivity index (χ0v) is 14.7. The number of amides is 1. The SMILES string of the molecule is CN([C@@H](C(=O)NC1CCCCCC1)c1ccccc1)S(C)(=O)=O. The highest BCUT2D eigenvalue weighted by Crippen LogP contribution is 2.24. The van der Waals surface area contributed by atoms with Crippen LogP contribution in [0.1, 0.15) is 50.1 Å². The molecular formula is C17H26N2O3S. The molecule has 23 heavy (non-hydrogen) atoms. The molecule has 2 rings (SSSR count). The molecule has 1 N–H and O–H groups in total. The predicted octanol–water partition coefficient (Wildman–Crippen LogP) is 2.46. The second-order valence-corrected chi connectivity index (χ2v) is 8.33. The van der Waals surface area contributed by atoms with Crippen LogP contribution in [-0.2, 0) is 14.8 Å². The van der Waals surface area contributed by atoms with Gasteiger partial charge in [0.15, 0.2) is 0 Å². The molecule has 1 aliphatic carbocycles. The number of carbonyl (C=O) groups is 1.